The minimum Gasteiger partial charge on any atom is -0.382 e. The Bertz CT molecular complexity index is 1240. The Balaban J connectivity index is 1.89. The molecule has 0 aliphatic rings. The molecule has 0 bridgehead atoms. The summed E-state index contributed by atoms with van der Waals surface area (Å²) in [6, 6.07) is 9.17. The standard InChI is InChI=1S/C21H18Cl2F4N4O3/c1-11(14-3-2-4-15(23)18(14)24)28-17(33)10-31-20(34)30(9-16(32)21(25,26)27)19(29-31)12-5-7-13(22)8-6-12/h2-8,11,16,32H,9-10H2,1H3,(H,28,33)/t11?,16-/m0/s1. The van der Waals surface area contributed by atoms with Crippen molar-refractivity contribution in [3.05, 3.63) is 74.4 Å². The predicted octanol–water partition coefficient (Wildman–Crippen LogP) is 3.96. The number of nitrogens with zero attached hydrogens (tertiary/aromatic N) is 3. The monoisotopic (exact) mass is 520 g/mol. The number of hydrogen-bond acceptors (Lipinski definition) is 4. The number of carbonyl (C=O) groups excluding carboxylic acids is 1. The highest BCUT2D eigenvalue weighted by Crippen LogP contribution is 2.25. The fourth-order valence-electron chi connectivity index (χ4n) is 3.15. The van der Waals surface area contributed by atoms with Gasteiger partial charge in [0, 0.05) is 16.1 Å². The summed E-state index contributed by atoms with van der Waals surface area (Å²) in [6.45, 7) is -0.306. The Kier molecular flexibility index (Phi) is 7.69. The minimum atomic E-state index is -4.98. The summed E-state index contributed by atoms with van der Waals surface area (Å²) in [4.78, 5) is 25.3. The van der Waals surface area contributed by atoms with E-state index in [1.54, 1.807) is 0 Å². The van der Waals surface area contributed by atoms with Gasteiger partial charge in [0.15, 0.2) is 11.9 Å². The van der Waals surface area contributed by atoms with E-state index in [4.69, 9.17) is 23.2 Å². The largest absolute Gasteiger partial charge is 0.416 e. The lowest BCUT2D eigenvalue weighted by molar-refractivity contribution is -0.207. The van der Waals surface area contributed by atoms with Crippen molar-refractivity contribution in [1.82, 2.24) is 19.7 Å². The van der Waals surface area contributed by atoms with Crippen LogP contribution in [0.2, 0.25) is 10.0 Å². The van der Waals surface area contributed by atoms with E-state index in [0.29, 0.717) is 14.3 Å². The summed E-state index contributed by atoms with van der Waals surface area (Å²) in [7, 11) is 0. The number of aromatic nitrogens is 3. The van der Waals surface area contributed by atoms with Crippen LogP contribution in [0.1, 0.15) is 18.5 Å². The Hall–Kier alpha value is -2.89. The Morgan fingerprint density at radius 2 is 1.82 bits per heavy atom. The molecule has 0 saturated carbocycles. The van der Waals surface area contributed by atoms with Crippen LogP contribution in [0.15, 0.2) is 47.3 Å². The van der Waals surface area contributed by atoms with Crippen LogP contribution in [-0.4, -0.2) is 37.6 Å². The second kappa shape index (κ2) is 10.2. The van der Waals surface area contributed by atoms with Crippen LogP contribution in [0.25, 0.3) is 11.4 Å². The molecule has 0 aliphatic heterocycles. The highest BCUT2D eigenvalue weighted by molar-refractivity contribution is 6.31. The van der Waals surface area contributed by atoms with Crippen LogP contribution in [0.3, 0.4) is 0 Å². The summed E-state index contributed by atoms with van der Waals surface area (Å²) in [5, 5.41) is 16.2. The van der Waals surface area contributed by atoms with Gasteiger partial charge in [-0.05, 0) is 37.3 Å². The van der Waals surface area contributed by atoms with Crippen molar-refractivity contribution in [1.29, 1.82) is 0 Å². The number of nitrogens with one attached hydrogen (secondary N) is 1. The van der Waals surface area contributed by atoms with Gasteiger partial charge in [0.05, 0.1) is 17.6 Å². The first kappa shape index (κ1) is 25.7. The molecular weight excluding hydrogens is 503 g/mol. The number of benzene rings is 2. The second-order valence-electron chi connectivity index (χ2n) is 7.37. The van der Waals surface area contributed by atoms with Crippen LogP contribution in [-0.2, 0) is 17.9 Å². The van der Waals surface area contributed by atoms with Gasteiger partial charge < -0.3 is 10.4 Å². The summed E-state index contributed by atoms with van der Waals surface area (Å²) in [5.74, 6) is -1.67. The van der Waals surface area contributed by atoms with E-state index in [1.807, 2.05) is 0 Å². The summed E-state index contributed by atoms with van der Waals surface area (Å²) >= 11 is 11.6. The lowest BCUT2D eigenvalue weighted by Crippen LogP contribution is -2.38. The second-order valence-corrected chi connectivity index (χ2v) is 8.21. The number of amides is 1. The first-order valence-corrected chi connectivity index (χ1v) is 10.6. The quantitative estimate of drug-likeness (QED) is 0.461. The van der Waals surface area contributed by atoms with E-state index < -0.39 is 48.8 Å². The van der Waals surface area contributed by atoms with Gasteiger partial charge in [0.1, 0.15) is 12.4 Å². The van der Waals surface area contributed by atoms with Crippen molar-refractivity contribution in [3.8, 4) is 11.4 Å². The average Bonchev–Trinajstić information content (AvgIpc) is 3.05. The van der Waals surface area contributed by atoms with Crippen molar-refractivity contribution in [2.75, 3.05) is 0 Å². The normalized spacial score (nSPS) is 13.5. The SMILES string of the molecule is CC(NC(=O)Cn1nc(-c2ccc(Cl)cc2)n(C[C@H](O)C(F)(F)F)c1=O)c1cccc(Cl)c1F. The van der Waals surface area contributed by atoms with E-state index in [2.05, 4.69) is 10.4 Å². The van der Waals surface area contributed by atoms with Gasteiger partial charge in [0.2, 0.25) is 5.91 Å². The van der Waals surface area contributed by atoms with Crippen molar-refractivity contribution < 1.29 is 27.5 Å². The number of aliphatic hydroxyl groups excluding tert-OH is 1. The third kappa shape index (κ3) is 5.78. The van der Waals surface area contributed by atoms with E-state index in [0.717, 1.165) is 0 Å². The first-order chi connectivity index (χ1) is 15.9. The van der Waals surface area contributed by atoms with Gasteiger partial charge in [0.25, 0.3) is 0 Å². The minimum absolute atomic E-state index is 0.105. The highest BCUT2D eigenvalue weighted by atomic mass is 35.5. The van der Waals surface area contributed by atoms with Crippen molar-refractivity contribution in [2.45, 2.75) is 38.3 Å². The molecule has 0 radical (unpaired) electrons. The molecule has 1 aromatic heterocycles. The van der Waals surface area contributed by atoms with Gasteiger partial charge in [-0.15, -0.1) is 5.10 Å². The fraction of sp³-hybridized carbons (Fsp3) is 0.286. The smallest absolute Gasteiger partial charge is 0.382 e. The van der Waals surface area contributed by atoms with E-state index in [9.17, 15) is 32.3 Å². The Labute approximate surface area is 200 Å². The number of aliphatic hydroxyl groups is 1. The van der Waals surface area contributed by atoms with Crippen molar-refractivity contribution in [3.63, 3.8) is 0 Å². The van der Waals surface area contributed by atoms with Gasteiger partial charge in [-0.25, -0.2) is 13.9 Å². The molecule has 1 unspecified atom stereocenters. The third-order valence-electron chi connectivity index (χ3n) is 4.88. The molecule has 1 amide bonds. The van der Waals surface area contributed by atoms with Crippen LogP contribution in [0.4, 0.5) is 17.6 Å². The topological polar surface area (TPSA) is 89.2 Å². The predicted molar refractivity (Wildman–Crippen MR) is 117 cm³/mol. The molecule has 1 heterocycles. The zero-order valence-electron chi connectivity index (χ0n) is 17.5. The first-order valence-electron chi connectivity index (χ1n) is 9.80. The average molecular weight is 521 g/mol. The zero-order valence-corrected chi connectivity index (χ0v) is 19.0. The molecule has 3 rings (SSSR count). The van der Waals surface area contributed by atoms with E-state index >= 15 is 0 Å². The molecule has 7 nitrogen and oxygen atoms in total. The number of alkyl halides is 3. The highest BCUT2D eigenvalue weighted by Gasteiger charge is 2.39. The Morgan fingerprint density at radius 1 is 1.18 bits per heavy atom. The molecule has 0 spiro atoms. The number of rotatable bonds is 7. The van der Waals surface area contributed by atoms with Crippen LogP contribution >= 0.6 is 23.2 Å². The van der Waals surface area contributed by atoms with Gasteiger partial charge in [-0.1, -0.05) is 35.3 Å². The number of hydrogen-bond donors (Lipinski definition) is 2. The van der Waals surface area contributed by atoms with E-state index in [1.165, 1.54) is 49.4 Å². The molecule has 2 atom stereocenters. The van der Waals surface area contributed by atoms with Gasteiger partial charge in [-0.3, -0.25) is 9.36 Å². The lowest BCUT2D eigenvalue weighted by Gasteiger charge is -2.15. The summed E-state index contributed by atoms with van der Waals surface area (Å²) in [5.41, 5.74) is -0.705. The molecule has 0 aliphatic carbocycles. The molecule has 2 aromatic carbocycles. The van der Waals surface area contributed by atoms with Gasteiger partial charge in [-0.2, -0.15) is 13.2 Å². The summed E-state index contributed by atoms with van der Waals surface area (Å²) < 4.78 is 54.2. The molecular formula is C21H18Cl2F4N4O3. The number of halogens is 6. The number of carbonyl (C=O) groups is 1. The van der Waals surface area contributed by atoms with Gasteiger partial charge >= 0.3 is 11.9 Å². The van der Waals surface area contributed by atoms with Crippen LogP contribution in [0, 0.1) is 5.82 Å². The maximum atomic E-state index is 14.2. The van der Waals surface area contributed by atoms with E-state index in [-0.39, 0.29) is 22.0 Å². The maximum Gasteiger partial charge on any atom is 0.416 e. The molecule has 0 saturated heterocycles. The fourth-order valence-corrected chi connectivity index (χ4v) is 3.46. The molecule has 182 valence electrons. The molecule has 34 heavy (non-hydrogen) atoms. The molecule has 2 N–H and O–H groups in total. The summed E-state index contributed by atoms with van der Waals surface area (Å²) in [6.07, 6.45) is -7.82. The molecule has 13 heteroatoms. The lowest BCUT2D eigenvalue weighted by atomic mass is 10.1. The zero-order chi connectivity index (χ0) is 25.2. The third-order valence-corrected chi connectivity index (χ3v) is 5.42. The van der Waals surface area contributed by atoms with Crippen molar-refractivity contribution in [2.24, 2.45) is 0 Å². The van der Waals surface area contributed by atoms with Crippen LogP contribution < -0.4 is 11.0 Å². The van der Waals surface area contributed by atoms with Crippen LogP contribution in [0.5, 0.6) is 0 Å². The molecule has 3 aromatic rings. The van der Waals surface area contributed by atoms with Crippen molar-refractivity contribution >= 4 is 29.1 Å². The molecule has 0 fully saturated rings. The Morgan fingerprint density at radius 3 is 2.44 bits per heavy atom. The maximum absolute atomic E-state index is 14.2.